The Morgan fingerprint density at radius 3 is 2.81 bits per heavy atom. The minimum absolute atomic E-state index is 0.317. The maximum Gasteiger partial charge on any atom is 0.222 e. The van der Waals surface area contributed by atoms with Crippen molar-refractivity contribution < 1.29 is 4.79 Å². The molecule has 1 saturated carbocycles. The highest BCUT2D eigenvalue weighted by Crippen LogP contribution is 2.27. The lowest BCUT2D eigenvalue weighted by atomic mass is 9.83. The van der Waals surface area contributed by atoms with Crippen LogP contribution in [0.4, 0.5) is 0 Å². The van der Waals surface area contributed by atoms with Gasteiger partial charge < -0.3 is 10.6 Å². The van der Waals surface area contributed by atoms with Crippen LogP contribution in [0.25, 0.3) is 0 Å². The minimum Gasteiger partial charge on any atom is -0.344 e. The van der Waals surface area contributed by atoms with Gasteiger partial charge in [-0.2, -0.15) is 0 Å². The third-order valence-corrected chi connectivity index (χ3v) is 5.41. The molecule has 0 radical (unpaired) electrons. The summed E-state index contributed by atoms with van der Waals surface area (Å²) in [5.74, 6) is 0.988. The molecule has 0 bridgehead atoms. The zero-order chi connectivity index (χ0) is 15.2. The molecular weight excluding hydrogens is 262 g/mol. The molecule has 1 heterocycles. The first-order valence-corrected chi connectivity index (χ1v) is 8.83. The highest BCUT2D eigenvalue weighted by Gasteiger charge is 2.26. The van der Waals surface area contributed by atoms with E-state index in [2.05, 4.69) is 11.8 Å². The van der Waals surface area contributed by atoms with Gasteiger partial charge in [-0.25, -0.2) is 0 Å². The van der Waals surface area contributed by atoms with Crippen LogP contribution in [-0.2, 0) is 4.79 Å². The van der Waals surface area contributed by atoms with E-state index < -0.39 is 0 Å². The molecule has 4 heteroatoms. The lowest BCUT2D eigenvalue weighted by Crippen LogP contribution is -2.41. The third kappa shape index (κ3) is 4.96. The van der Waals surface area contributed by atoms with Gasteiger partial charge in [-0.05, 0) is 51.1 Å². The molecule has 1 aliphatic carbocycles. The van der Waals surface area contributed by atoms with E-state index in [4.69, 9.17) is 5.73 Å². The van der Waals surface area contributed by atoms with Crippen LogP contribution in [0.3, 0.4) is 0 Å². The van der Waals surface area contributed by atoms with E-state index in [0.717, 1.165) is 25.9 Å². The predicted octanol–water partition coefficient (Wildman–Crippen LogP) is 2.23. The Labute approximate surface area is 130 Å². The van der Waals surface area contributed by atoms with Crippen molar-refractivity contribution in [2.45, 2.75) is 70.4 Å². The average Bonchev–Trinajstić information content (AvgIpc) is 2.92. The normalized spacial score (nSPS) is 30.5. The molecule has 122 valence electrons. The zero-order valence-corrected chi connectivity index (χ0v) is 13.9. The van der Waals surface area contributed by atoms with E-state index in [-0.39, 0.29) is 0 Å². The van der Waals surface area contributed by atoms with Crippen molar-refractivity contribution in [2.75, 3.05) is 26.7 Å². The number of nitrogens with zero attached hydrogens (tertiary/aromatic N) is 2. The molecule has 4 nitrogen and oxygen atoms in total. The molecule has 2 fully saturated rings. The summed E-state index contributed by atoms with van der Waals surface area (Å²) in [5, 5.41) is 0. The second-order valence-electron chi connectivity index (χ2n) is 7.03. The molecule has 21 heavy (non-hydrogen) atoms. The standard InChI is InChI=1S/C17H33N3O/c1-3-20-11-5-8-16(20)13-19(2)17(21)10-9-14-6-4-7-15(18)12-14/h14-16H,3-13,18H2,1-2H3. The summed E-state index contributed by atoms with van der Waals surface area (Å²) in [6.07, 6.45) is 9.03. The van der Waals surface area contributed by atoms with Crippen molar-refractivity contribution in [1.29, 1.82) is 0 Å². The van der Waals surface area contributed by atoms with Gasteiger partial charge >= 0.3 is 0 Å². The van der Waals surface area contributed by atoms with E-state index in [1.54, 1.807) is 0 Å². The van der Waals surface area contributed by atoms with Crippen LogP contribution >= 0.6 is 0 Å². The second-order valence-corrected chi connectivity index (χ2v) is 7.03. The Kier molecular flexibility index (Phi) is 6.49. The molecule has 1 saturated heterocycles. The lowest BCUT2D eigenvalue weighted by molar-refractivity contribution is -0.130. The van der Waals surface area contributed by atoms with Crippen molar-refractivity contribution >= 4 is 5.91 Å². The summed E-state index contributed by atoms with van der Waals surface area (Å²) < 4.78 is 0. The Balaban J connectivity index is 1.69. The van der Waals surface area contributed by atoms with Gasteiger partial charge in [-0.3, -0.25) is 9.69 Å². The quantitative estimate of drug-likeness (QED) is 0.817. The van der Waals surface area contributed by atoms with Crippen LogP contribution in [0.5, 0.6) is 0 Å². The number of hydrogen-bond acceptors (Lipinski definition) is 3. The third-order valence-electron chi connectivity index (χ3n) is 5.41. The highest BCUT2D eigenvalue weighted by molar-refractivity contribution is 5.75. The fourth-order valence-electron chi connectivity index (χ4n) is 4.05. The second kappa shape index (κ2) is 8.14. The fraction of sp³-hybridized carbons (Fsp3) is 0.941. The Morgan fingerprint density at radius 2 is 2.10 bits per heavy atom. The SMILES string of the molecule is CCN1CCCC1CN(C)C(=O)CCC1CCCC(N)C1. The number of likely N-dealkylation sites (N-methyl/N-ethyl adjacent to an activating group) is 2. The summed E-state index contributed by atoms with van der Waals surface area (Å²) in [7, 11) is 1.97. The van der Waals surface area contributed by atoms with Gasteiger partial charge in [0.1, 0.15) is 0 Å². The van der Waals surface area contributed by atoms with E-state index in [1.165, 1.54) is 38.6 Å². The van der Waals surface area contributed by atoms with Gasteiger partial charge in [-0.15, -0.1) is 0 Å². The van der Waals surface area contributed by atoms with Crippen LogP contribution in [0, 0.1) is 5.92 Å². The average molecular weight is 295 g/mol. The number of carbonyl (C=O) groups excluding carboxylic acids is 1. The number of nitrogens with two attached hydrogens (primary N) is 1. The maximum atomic E-state index is 12.3. The van der Waals surface area contributed by atoms with Crippen LogP contribution < -0.4 is 5.73 Å². The summed E-state index contributed by atoms with van der Waals surface area (Å²) in [6.45, 7) is 5.42. The molecule has 2 rings (SSSR count). The topological polar surface area (TPSA) is 49.6 Å². The maximum absolute atomic E-state index is 12.3. The van der Waals surface area contributed by atoms with Crippen LogP contribution in [0.1, 0.15) is 58.3 Å². The van der Waals surface area contributed by atoms with E-state index in [0.29, 0.717) is 30.3 Å². The summed E-state index contributed by atoms with van der Waals surface area (Å²) in [5.41, 5.74) is 6.03. The fourth-order valence-corrected chi connectivity index (χ4v) is 4.05. The largest absolute Gasteiger partial charge is 0.344 e. The molecule has 2 aliphatic rings. The Hall–Kier alpha value is -0.610. The first-order valence-electron chi connectivity index (χ1n) is 8.83. The first-order chi connectivity index (χ1) is 10.1. The Morgan fingerprint density at radius 1 is 1.29 bits per heavy atom. The smallest absolute Gasteiger partial charge is 0.222 e. The Bertz CT molecular complexity index is 334. The molecule has 0 spiro atoms. The van der Waals surface area contributed by atoms with Crippen molar-refractivity contribution in [3.8, 4) is 0 Å². The van der Waals surface area contributed by atoms with Crippen LogP contribution in [0.15, 0.2) is 0 Å². The highest BCUT2D eigenvalue weighted by atomic mass is 16.2. The van der Waals surface area contributed by atoms with Gasteiger partial charge in [0.05, 0.1) is 0 Å². The van der Waals surface area contributed by atoms with Crippen molar-refractivity contribution in [1.82, 2.24) is 9.80 Å². The molecule has 1 amide bonds. The van der Waals surface area contributed by atoms with Crippen molar-refractivity contribution in [3.05, 3.63) is 0 Å². The first kappa shape index (κ1) is 16.8. The molecule has 1 aliphatic heterocycles. The van der Waals surface area contributed by atoms with E-state index >= 15 is 0 Å². The lowest BCUT2D eigenvalue weighted by Gasteiger charge is -2.29. The van der Waals surface area contributed by atoms with Gasteiger partial charge in [0.2, 0.25) is 5.91 Å². The number of amides is 1. The molecule has 0 aromatic carbocycles. The predicted molar refractivity (Wildman–Crippen MR) is 87.1 cm³/mol. The molecule has 0 aromatic rings. The van der Waals surface area contributed by atoms with Crippen LogP contribution in [-0.4, -0.2) is 54.5 Å². The molecular formula is C17H33N3O. The molecule has 0 aromatic heterocycles. The number of hydrogen-bond donors (Lipinski definition) is 1. The molecule has 3 unspecified atom stereocenters. The number of carbonyl (C=O) groups is 1. The summed E-state index contributed by atoms with van der Waals surface area (Å²) in [6, 6.07) is 0.945. The minimum atomic E-state index is 0.317. The molecule has 2 N–H and O–H groups in total. The van der Waals surface area contributed by atoms with Gasteiger partial charge in [0, 0.05) is 32.1 Å². The number of rotatable bonds is 6. The monoisotopic (exact) mass is 295 g/mol. The van der Waals surface area contributed by atoms with Crippen molar-refractivity contribution in [2.24, 2.45) is 11.7 Å². The van der Waals surface area contributed by atoms with Crippen molar-refractivity contribution in [3.63, 3.8) is 0 Å². The van der Waals surface area contributed by atoms with E-state index in [9.17, 15) is 4.79 Å². The van der Waals surface area contributed by atoms with Crippen LogP contribution in [0.2, 0.25) is 0 Å². The van der Waals surface area contributed by atoms with Gasteiger partial charge in [-0.1, -0.05) is 19.8 Å². The summed E-state index contributed by atoms with van der Waals surface area (Å²) >= 11 is 0. The van der Waals surface area contributed by atoms with E-state index in [1.807, 2.05) is 11.9 Å². The van der Waals surface area contributed by atoms with Gasteiger partial charge in [0.15, 0.2) is 0 Å². The summed E-state index contributed by atoms with van der Waals surface area (Å²) in [4.78, 5) is 16.8. The van der Waals surface area contributed by atoms with Gasteiger partial charge in [0.25, 0.3) is 0 Å². The number of likely N-dealkylation sites (tertiary alicyclic amines) is 1. The zero-order valence-electron chi connectivity index (χ0n) is 13.9. The molecule has 3 atom stereocenters.